The number of anilines is 1. The number of nitro groups is 1. The minimum atomic E-state index is -0.575. The van der Waals surface area contributed by atoms with Crippen LogP contribution >= 0.6 is 0 Å². The monoisotopic (exact) mass is 332 g/mol. The van der Waals surface area contributed by atoms with Crippen molar-refractivity contribution in [1.82, 2.24) is 5.32 Å². The molecule has 1 aliphatic rings. The molecule has 1 fully saturated rings. The van der Waals surface area contributed by atoms with Crippen LogP contribution in [-0.2, 0) is 4.74 Å². The number of amides is 1. The number of hydrogen-bond donors (Lipinski definition) is 1. The van der Waals surface area contributed by atoms with Crippen LogP contribution in [0, 0.1) is 21.4 Å². The Hall–Kier alpha value is -2.82. The van der Waals surface area contributed by atoms with Crippen molar-refractivity contribution in [3.63, 3.8) is 0 Å². The van der Waals surface area contributed by atoms with E-state index >= 15 is 0 Å². The van der Waals surface area contributed by atoms with E-state index in [4.69, 9.17) is 10.00 Å². The van der Waals surface area contributed by atoms with Gasteiger partial charge in [-0.2, -0.15) is 5.26 Å². The first-order valence-electron chi connectivity index (χ1n) is 7.62. The first-order valence-corrected chi connectivity index (χ1v) is 7.62. The number of rotatable bonds is 3. The van der Waals surface area contributed by atoms with E-state index in [9.17, 15) is 14.9 Å². The van der Waals surface area contributed by atoms with Crippen LogP contribution in [0.4, 0.5) is 16.2 Å². The highest BCUT2D eigenvalue weighted by Crippen LogP contribution is 2.31. The van der Waals surface area contributed by atoms with Crippen LogP contribution in [0.2, 0.25) is 0 Å². The number of benzene rings is 1. The first kappa shape index (κ1) is 17.5. The Balaban J connectivity index is 2.07. The normalized spacial score (nSPS) is 17.2. The minimum absolute atomic E-state index is 0.105. The highest BCUT2D eigenvalue weighted by atomic mass is 16.6. The molecule has 0 bridgehead atoms. The molecule has 1 aromatic rings. The molecule has 1 atom stereocenters. The zero-order valence-electron chi connectivity index (χ0n) is 13.9. The maximum atomic E-state index is 11.8. The average Bonchev–Trinajstić information content (AvgIpc) is 2.92. The maximum Gasteiger partial charge on any atom is 0.407 e. The van der Waals surface area contributed by atoms with Gasteiger partial charge in [-0.15, -0.1) is 0 Å². The second-order valence-corrected chi connectivity index (χ2v) is 6.65. The van der Waals surface area contributed by atoms with Gasteiger partial charge in [0.05, 0.1) is 22.6 Å². The summed E-state index contributed by atoms with van der Waals surface area (Å²) in [7, 11) is 0. The fraction of sp³-hybridized carbons (Fsp3) is 0.500. The fourth-order valence-corrected chi connectivity index (χ4v) is 2.58. The summed E-state index contributed by atoms with van der Waals surface area (Å²) in [6.07, 6.45) is 0.166. The van der Waals surface area contributed by atoms with E-state index in [2.05, 4.69) is 5.32 Å². The third-order valence-corrected chi connectivity index (χ3v) is 3.55. The number of hydrogen-bond acceptors (Lipinski definition) is 6. The highest BCUT2D eigenvalue weighted by molar-refractivity contribution is 5.69. The van der Waals surface area contributed by atoms with Crippen molar-refractivity contribution >= 4 is 17.5 Å². The minimum Gasteiger partial charge on any atom is -0.444 e. The van der Waals surface area contributed by atoms with Crippen molar-refractivity contribution in [2.75, 3.05) is 18.0 Å². The lowest BCUT2D eigenvalue weighted by Crippen LogP contribution is -2.40. The molecule has 0 unspecified atom stereocenters. The van der Waals surface area contributed by atoms with Gasteiger partial charge in [-0.25, -0.2) is 4.79 Å². The van der Waals surface area contributed by atoms with Crippen molar-refractivity contribution in [2.24, 2.45) is 0 Å². The third kappa shape index (κ3) is 4.35. The molecule has 1 N–H and O–H groups in total. The van der Waals surface area contributed by atoms with Gasteiger partial charge < -0.3 is 15.0 Å². The summed E-state index contributed by atoms with van der Waals surface area (Å²) in [5, 5.41) is 22.9. The van der Waals surface area contributed by atoms with Crippen LogP contribution in [0.25, 0.3) is 0 Å². The summed E-state index contributed by atoms with van der Waals surface area (Å²) >= 11 is 0. The van der Waals surface area contributed by atoms with E-state index in [-0.39, 0.29) is 17.3 Å². The molecule has 1 heterocycles. The predicted octanol–water partition coefficient (Wildman–Crippen LogP) is 2.57. The summed E-state index contributed by atoms with van der Waals surface area (Å²) in [4.78, 5) is 24.4. The summed E-state index contributed by atoms with van der Waals surface area (Å²) in [5.41, 5.74) is 0.0152. The van der Waals surface area contributed by atoms with E-state index in [1.165, 1.54) is 6.07 Å². The second-order valence-electron chi connectivity index (χ2n) is 6.65. The maximum absolute atomic E-state index is 11.8. The Kier molecular flexibility index (Phi) is 4.93. The largest absolute Gasteiger partial charge is 0.444 e. The Morgan fingerprint density at radius 3 is 2.79 bits per heavy atom. The van der Waals surface area contributed by atoms with Crippen molar-refractivity contribution in [1.29, 1.82) is 5.26 Å². The number of alkyl carbamates (subject to hydrolysis) is 1. The number of nitriles is 1. The van der Waals surface area contributed by atoms with E-state index in [0.29, 0.717) is 25.2 Å². The van der Waals surface area contributed by atoms with Crippen LogP contribution in [0.3, 0.4) is 0 Å². The molecule has 0 aliphatic carbocycles. The first-order chi connectivity index (χ1) is 11.2. The van der Waals surface area contributed by atoms with Crippen LogP contribution < -0.4 is 10.2 Å². The summed E-state index contributed by atoms with van der Waals surface area (Å²) in [5.74, 6) is 0. The molecule has 0 spiro atoms. The molecule has 1 saturated heterocycles. The molecule has 8 heteroatoms. The number of nitro benzene ring substituents is 1. The fourth-order valence-electron chi connectivity index (χ4n) is 2.58. The van der Waals surface area contributed by atoms with Gasteiger partial charge in [0, 0.05) is 19.2 Å². The molecule has 2 rings (SSSR count). The van der Waals surface area contributed by atoms with Gasteiger partial charge in [0.25, 0.3) is 5.69 Å². The molecule has 0 radical (unpaired) electrons. The summed E-state index contributed by atoms with van der Waals surface area (Å²) < 4.78 is 5.22. The standard InChI is InChI=1S/C16H20N4O4/c1-16(2,3)24-15(21)18-12-6-7-19(10-12)13-5-4-11(9-17)8-14(13)20(22)23/h4-5,8,12H,6-7,10H2,1-3H3,(H,18,21)/t12-/m0/s1. The second kappa shape index (κ2) is 6.74. The molecular formula is C16H20N4O4. The average molecular weight is 332 g/mol. The van der Waals surface area contributed by atoms with Crippen molar-refractivity contribution in [2.45, 2.75) is 38.8 Å². The SMILES string of the molecule is CC(C)(C)OC(=O)N[C@H]1CCN(c2ccc(C#N)cc2[N+](=O)[O-])C1. The Bertz CT molecular complexity index is 690. The Morgan fingerprint density at radius 2 is 2.21 bits per heavy atom. The zero-order chi connectivity index (χ0) is 17.9. The Labute approximate surface area is 140 Å². The molecule has 128 valence electrons. The number of carbonyl (C=O) groups is 1. The molecule has 8 nitrogen and oxygen atoms in total. The highest BCUT2D eigenvalue weighted by Gasteiger charge is 2.29. The molecule has 1 aromatic carbocycles. The van der Waals surface area contributed by atoms with Gasteiger partial charge in [0.15, 0.2) is 0 Å². The van der Waals surface area contributed by atoms with Crippen molar-refractivity contribution in [3.05, 3.63) is 33.9 Å². The van der Waals surface area contributed by atoms with Gasteiger partial charge in [-0.1, -0.05) is 0 Å². The smallest absolute Gasteiger partial charge is 0.407 e. The number of ether oxygens (including phenoxy) is 1. The summed E-state index contributed by atoms with van der Waals surface area (Å²) in [6, 6.07) is 6.15. The lowest BCUT2D eigenvalue weighted by molar-refractivity contribution is -0.384. The quantitative estimate of drug-likeness (QED) is 0.673. The zero-order valence-corrected chi connectivity index (χ0v) is 13.9. The van der Waals surface area contributed by atoms with E-state index in [1.54, 1.807) is 32.9 Å². The predicted molar refractivity (Wildman–Crippen MR) is 87.8 cm³/mol. The number of nitrogens with one attached hydrogen (secondary N) is 1. The van der Waals surface area contributed by atoms with Crippen molar-refractivity contribution < 1.29 is 14.5 Å². The van der Waals surface area contributed by atoms with Gasteiger partial charge in [0.2, 0.25) is 0 Å². The topological polar surface area (TPSA) is 108 Å². The Morgan fingerprint density at radius 1 is 1.50 bits per heavy atom. The lowest BCUT2D eigenvalue weighted by Gasteiger charge is -2.22. The number of carbonyl (C=O) groups excluding carboxylic acids is 1. The van der Waals surface area contributed by atoms with Crippen LogP contribution in [0.1, 0.15) is 32.8 Å². The van der Waals surface area contributed by atoms with Gasteiger partial charge in [-0.05, 0) is 39.3 Å². The third-order valence-electron chi connectivity index (χ3n) is 3.55. The molecule has 1 amide bonds. The van der Waals surface area contributed by atoms with E-state index in [1.807, 2.05) is 11.0 Å². The van der Waals surface area contributed by atoms with Crippen molar-refractivity contribution in [3.8, 4) is 6.07 Å². The molecule has 0 saturated carbocycles. The van der Waals surface area contributed by atoms with E-state index < -0.39 is 16.6 Å². The van der Waals surface area contributed by atoms with Crippen LogP contribution in [0.15, 0.2) is 18.2 Å². The molecule has 24 heavy (non-hydrogen) atoms. The molecular weight excluding hydrogens is 312 g/mol. The van der Waals surface area contributed by atoms with Gasteiger partial charge in [-0.3, -0.25) is 10.1 Å². The van der Waals surface area contributed by atoms with Crippen LogP contribution in [-0.4, -0.2) is 35.7 Å². The summed E-state index contributed by atoms with van der Waals surface area (Å²) in [6.45, 7) is 6.38. The van der Waals surface area contributed by atoms with Crippen LogP contribution in [0.5, 0.6) is 0 Å². The van der Waals surface area contributed by atoms with Gasteiger partial charge >= 0.3 is 6.09 Å². The molecule has 0 aromatic heterocycles. The van der Waals surface area contributed by atoms with Gasteiger partial charge in [0.1, 0.15) is 11.3 Å². The van der Waals surface area contributed by atoms with E-state index in [0.717, 1.165) is 0 Å². The molecule has 1 aliphatic heterocycles. The number of nitrogens with zero attached hydrogens (tertiary/aromatic N) is 3. The lowest BCUT2D eigenvalue weighted by atomic mass is 10.1.